The Hall–Kier alpha value is -3.39. The monoisotopic (exact) mass is 399 g/mol. The number of halogens is 1. The SMILES string of the molecule is COc1cc(NC(=O)c2cnc(NCc3ccncc3)cn2)c(OC)cc1Cl. The first-order valence-electron chi connectivity index (χ1n) is 8.28. The summed E-state index contributed by atoms with van der Waals surface area (Å²) in [5.74, 6) is 0.942. The van der Waals surface area contributed by atoms with Gasteiger partial charge in [0, 0.05) is 31.1 Å². The van der Waals surface area contributed by atoms with Crippen LogP contribution in [0.3, 0.4) is 0 Å². The van der Waals surface area contributed by atoms with E-state index in [2.05, 4.69) is 25.6 Å². The Labute approximate surface area is 166 Å². The molecule has 1 amide bonds. The van der Waals surface area contributed by atoms with Gasteiger partial charge in [0.25, 0.3) is 5.91 Å². The minimum atomic E-state index is -0.434. The minimum absolute atomic E-state index is 0.158. The summed E-state index contributed by atoms with van der Waals surface area (Å²) >= 11 is 6.07. The number of benzene rings is 1. The number of nitrogens with zero attached hydrogens (tertiary/aromatic N) is 3. The zero-order valence-electron chi connectivity index (χ0n) is 15.3. The van der Waals surface area contributed by atoms with Crippen LogP contribution in [0.5, 0.6) is 11.5 Å². The maximum Gasteiger partial charge on any atom is 0.275 e. The Morgan fingerprint density at radius 3 is 2.46 bits per heavy atom. The number of rotatable bonds is 7. The highest BCUT2D eigenvalue weighted by molar-refractivity contribution is 6.32. The molecule has 0 spiro atoms. The first-order valence-corrected chi connectivity index (χ1v) is 8.66. The van der Waals surface area contributed by atoms with Crippen molar-refractivity contribution in [1.29, 1.82) is 0 Å². The van der Waals surface area contributed by atoms with E-state index in [1.165, 1.54) is 26.6 Å². The van der Waals surface area contributed by atoms with Gasteiger partial charge in [-0.3, -0.25) is 9.78 Å². The number of methoxy groups -OCH3 is 2. The van der Waals surface area contributed by atoms with E-state index in [0.29, 0.717) is 34.6 Å². The van der Waals surface area contributed by atoms with Gasteiger partial charge in [0.1, 0.15) is 23.0 Å². The summed E-state index contributed by atoms with van der Waals surface area (Å²) in [6.45, 7) is 0.574. The highest BCUT2D eigenvalue weighted by Crippen LogP contribution is 2.36. The molecule has 0 saturated heterocycles. The Bertz CT molecular complexity index is 952. The molecule has 3 rings (SSSR count). The minimum Gasteiger partial charge on any atom is -0.495 e. The smallest absolute Gasteiger partial charge is 0.275 e. The van der Waals surface area contributed by atoms with Crippen molar-refractivity contribution < 1.29 is 14.3 Å². The van der Waals surface area contributed by atoms with E-state index in [0.717, 1.165) is 5.56 Å². The van der Waals surface area contributed by atoms with Crippen molar-refractivity contribution >= 4 is 29.0 Å². The molecular formula is C19H18ClN5O3. The molecule has 144 valence electrons. The summed E-state index contributed by atoms with van der Waals surface area (Å²) in [6.07, 6.45) is 6.33. The van der Waals surface area contributed by atoms with Crippen LogP contribution in [0.4, 0.5) is 11.5 Å². The first-order chi connectivity index (χ1) is 13.6. The predicted octanol–water partition coefficient (Wildman–Crippen LogP) is 3.41. The largest absolute Gasteiger partial charge is 0.495 e. The number of hydrogen-bond acceptors (Lipinski definition) is 7. The number of anilines is 2. The van der Waals surface area contributed by atoms with Gasteiger partial charge < -0.3 is 20.1 Å². The molecule has 0 aliphatic carbocycles. The van der Waals surface area contributed by atoms with E-state index in [9.17, 15) is 4.79 Å². The van der Waals surface area contributed by atoms with Gasteiger partial charge in [-0.1, -0.05) is 11.6 Å². The number of pyridine rings is 1. The zero-order chi connectivity index (χ0) is 19.9. The van der Waals surface area contributed by atoms with E-state index >= 15 is 0 Å². The predicted molar refractivity (Wildman–Crippen MR) is 106 cm³/mol. The molecule has 0 radical (unpaired) electrons. The van der Waals surface area contributed by atoms with Crippen LogP contribution in [0.25, 0.3) is 0 Å². The van der Waals surface area contributed by atoms with E-state index < -0.39 is 5.91 Å². The standard InChI is InChI=1S/C19H18ClN5O3/c1-27-16-8-14(17(28-2)7-13(16)20)25-19(26)15-10-24-18(11-22-15)23-9-12-3-5-21-6-4-12/h3-8,10-11H,9H2,1-2H3,(H,23,24)(H,25,26). The van der Waals surface area contributed by atoms with Crippen molar-refractivity contribution in [1.82, 2.24) is 15.0 Å². The average Bonchev–Trinajstić information content (AvgIpc) is 2.74. The average molecular weight is 400 g/mol. The van der Waals surface area contributed by atoms with Crippen molar-refractivity contribution in [3.8, 4) is 11.5 Å². The molecular weight excluding hydrogens is 382 g/mol. The van der Waals surface area contributed by atoms with Gasteiger partial charge in [-0.15, -0.1) is 0 Å². The number of hydrogen-bond donors (Lipinski definition) is 2. The molecule has 2 heterocycles. The van der Waals surface area contributed by atoms with E-state index in [-0.39, 0.29) is 5.69 Å². The normalized spacial score (nSPS) is 10.2. The van der Waals surface area contributed by atoms with Crippen molar-refractivity contribution in [3.05, 3.63) is 65.3 Å². The molecule has 2 N–H and O–H groups in total. The van der Waals surface area contributed by atoms with Crippen molar-refractivity contribution in [2.24, 2.45) is 0 Å². The number of amides is 1. The summed E-state index contributed by atoms with van der Waals surface area (Å²) in [5, 5.41) is 6.23. The quantitative estimate of drug-likeness (QED) is 0.628. The van der Waals surface area contributed by atoms with Gasteiger partial charge in [-0.05, 0) is 17.7 Å². The molecule has 0 fully saturated rings. The van der Waals surface area contributed by atoms with Gasteiger partial charge in [0.05, 0.1) is 37.3 Å². The molecule has 8 nitrogen and oxygen atoms in total. The van der Waals surface area contributed by atoms with Crippen molar-refractivity contribution in [2.45, 2.75) is 6.54 Å². The molecule has 0 aliphatic rings. The molecule has 0 atom stereocenters. The summed E-state index contributed by atoms with van der Waals surface area (Å²) < 4.78 is 10.4. The van der Waals surface area contributed by atoms with E-state index in [1.807, 2.05) is 12.1 Å². The molecule has 0 unspecified atom stereocenters. The van der Waals surface area contributed by atoms with Crippen LogP contribution in [-0.4, -0.2) is 35.1 Å². The number of aromatic nitrogens is 3. The lowest BCUT2D eigenvalue weighted by Crippen LogP contribution is -2.15. The van der Waals surface area contributed by atoms with Crippen molar-refractivity contribution in [3.63, 3.8) is 0 Å². The van der Waals surface area contributed by atoms with Gasteiger partial charge in [0.15, 0.2) is 0 Å². The van der Waals surface area contributed by atoms with E-state index in [4.69, 9.17) is 21.1 Å². The van der Waals surface area contributed by atoms with Crippen LogP contribution in [0.1, 0.15) is 16.1 Å². The molecule has 1 aromatic carbocycles. The molecule has 9 heteroatoms. The molecule has 28 heavy (non-hydrogen) atoms. The third-order valence-electron chi connectivity index (χ3n) is 3.83. The lowest BCUT2D eigenvalue weighted by Gasteiger charge is -2.13. The van der Waals surface area contributed by atoms with E-state index in [1.54, 1.807) is 24.5 Å². The molecule has 3 aromatic rings. The van der Waals surface area contributed by atoms with Gasteiger partial charge in [-0.25, -0.2) is 9.97 Å². The fourth-order valence-electron chi connectivity index (χ4n) is 2.37. The van der Waals surface area contributed by atoms with Crippen LogP contribution >= 0.6 is 11.6 Å². The topological polar surface area (TPSA) is 98.3 Å². The van der Waals surface area contributed by atoms with Crippen LogP contribution in [0.2, 0.25) is 5.02 Å². The third kappa shape index (κ3) is 4.66. The van der Waals surface area contributed by atoms with Crippen LogP contribution in [-0.2, 0) is 6.54 Å². The fourth-order valence-corrected chi connectivity index (χ4v) is 2.61. The summed E-state index contributed by atoms with van der Waals surface area (Å²) in [5.41, 5.74) is 1.63. The number of nitrogens with one attached hydrogen (secondary N) is 2. The van der Waals surface area contributed by atoms with Crippen molar-refractivity contribution in [2.75, 3.05) is 24.9 Å². The maximum atomic E-state index is 12.5. The molecule has 0 saturated carbocycles. The molecule has 0 bridgehead atoms. The number of carbonyl (C=O) groups excluding carboxylic acids is 1. The molecule has 2 aromatic heterocycles. The second kappa shape index (κ2) is 9.01. The van der Waals surface area contributed by atoms with Crippen LogP contribution < -0.4 is 20.1 Å². The summed E-state index contributed by atoms with van der Waals surface area (Å²) in [6, 6.07) is 6.94. The summed E-state index contributed by atoms with van der Waals surface area (Å²) in [7, 11) is 2.97. The molecule has 0 aliphatic heterocycles. The second-order valence-electron chi connectivity index (χ2n) is 5.64. The van der Waals surface area contributed by atoms with Crippen LogP contribution in [0, 0.1) is 0 Å². The lowest BCUT2D eigenvalue weighted by atomic mass is 10.2. The Balaban J connectivity index is 1.68. The maximum absolute atomic E-state index is 12.5. The number of ether oxygens (including phenoxy) is 2. The highest BCUT2D eigenvalue weighted by Gasteiger charge is 2.15. The van der Waals surface area contributed by atoms with Crippen LogP contribution in [0.15, 0.2) is 49.1 Å². The Morgan fingerprint density at radius 2 is 1.82 bits per heavy atom. The Morgan fingerprint density at radius 1 is 1.07 bits per heavy atom. The van der Waals surface area contributed by atoms with Gasteiger partial charge in [-0.2, -0.15) is 0 Å². The fraction of sp³-hybridized carbons (Fsp3) is 0.158. The van der Waals surface area contributed by atoms with Gasteiger partial charge in [0.2, 0.25) is 0 Å². The second-order valence-corrected chi connectivity index (χ2v) is 6.04. The zero-order valence-corrected chi connectivity index (χ0v) is 16.0. The summed E-state index contributed by atoms with van der Waals surface area (Å²) in [4.78, 5) is 24.8. The lowest BCUT2D eigenvalue weighted by molar-refractivity contribution is 0.102. The number of carbonyl (C=O) groups is 1. The van der Waals surface area contributed by atoms with Gasteiger partial charge >= 0.3 is 0 Å². The third-order valence-corrected chi connectivity index (χ3v) is 4.12. The Kier molecular flexibility index (Phi) is 6.23. The first kappa shape index (κ1) is 19.4. The highest BCUT2D eigenvalue weighted by atomic mass is 35.5.